The minimum Gasteiger partial charge on any atom is -0.489 e. The number of fused-ring (bicyclic) bond motifs is 1. The van der Waals surface area contributed by atoms with E-state index in [1.165, 1.54) is 12.8 Å². The second-order valence-electron chi connectivity index (χ2n) is 4.82. The van der Waals surface area contributed by atoms with Crippen LogP contribution in [-0.2, 0) is 0 Å². The number of hydrogen-bond acceptors (Lipinski definition) is 2. The number of para-hydroxylation sites is 1. The molecule has 1 aromatic carbocycles. The van der Waals surface area contributed by atoms with Crippen molar-refractivity contribution in [2.45, 2.75) is 18.9 Å². The van der Waals surface area contributed by atoms with Crippen LogP contribution in [-0.4, -0.2) is 19.2 Å². The number of rotatable bonds is 2. The van der Waals surface area contributed by atoms with Gasteiger partial charge in [0.15, 0.2) is 0 Å². The quantitative estimate of drug-likeness (QED) is 0.894. The van der Waals surface area contributed by atoms with E-state index in [2.05, 4.69) is 5.32 Å². The Labute approximate surface area is 113 Å². The Hall–Kier alpha value is -0.440. The van der Waals surface area contributed by atoms with Crippen LogP contribution in [0.1, 0.15) is 12.8 Å². The van der Waals surface area contributed by atoms with Crippen LogP contribution in [0.4, 0.5) is 0 Å². The van der Waals surface area contributed by atoms with Gasteiger partial charge in [-0.2, -0.15) is 0 Å². The molecular formula is C13H17Cl2NO. The molecule has 2 nitrogen and oxygen atoms in total. The first-order valence-corrected chi connectivity index (χ1v) is 6.32. The third kappa shape index (κ3) is 2.70. The van der Waals surface area contributed by atoms with Crippen molar-refractivity contribution >= 4 is 24.0 Å². The van der Waals surface area contributed by atoms with Crippen LogP contribution in [0.5, 0.6) is 5.75 Å². The van der Waals surface area contributed by atoms with Crippen LogP contribution in [0.2, 0.25) is 5.02 Å². The summed E-state index contributed by atoms with van der Waals surface area (Å²) in [6.45, 7) is 2.32. The van der Waals surface area contributed by atoms with Crippen LogP contribution < -0.4 is 10.1 Å². The van der Waals surface area contributed by atoms with Gasteiger partial charge in [-0.15, -0.1) is 12.4 Å². The third-order valence-electron chi connectivity index (χ3n) is 3.74. The molecule has 0 radical (unpaired) electrons. The molecular weight excluding hydrogens is 257 g/mol. The van der Waals surface area contributed by atoms with Gasteiger partial charge in [0.1, 0.15) is 5.75 Å². The van der Waals surface area contributed by atoms with Crippen molar-refractivity contribution in [1.82, 2.24) is 5.32 Å². The molecule has 1 aliphatic carbocycles. The summed E-state index contributed by atoms with van der Waals surface area (Å²) in [5.74, 6) is 2.46. The van der Waals surface area contributed by atoms with E-state index in [9.17, 15) is 0 Å². The Morgan fingerprint density at radius 3 is 2.41 bits per heavy atom. The first-order chi connectivity index (χ1) is 7.83. The molecule has 0 bridgehead atoms. The summed E-state index contributed by atoms with van der Waals surface area (Å²) >= 11 is 6.09. The second-order valence-corrected chi connectivity index (χ2v) is 5.23. The molecule has 1 aromatic rings. The van der Waals surface area contributed by atoms with Gasteiger partial charge in [-0.25, -0.2) is 0 Å². The number of halogens is 2. The second kappa shape index (κ2) is 5.47. The standard InChI is InChI=1S/C13H16ClNO.ClH/c14-12-3-1-2-4-13(12)16-11-5-9-7-15-8-10(9)6-11;/h1-4,9-11,15H,5-8H2;1H. The largest absolute Gasteiger partial charge is 0.489 e. The first kappa shape index (κ1) is 13.0. The highest BCUT2D eigenvalue weighted by Gasteiger charge is 2.38. The van der Waals surface area contributed by atoms with Gasteiger partial charge in [0.2, 0.25) is 0 Å². The SMILES string of the molecule is Cl.Clc1ccccc1OC1CC2CNCC2C1. The summed E-state index contributed by atoms with van der Waals surface area (Å²) in [5.41, 5.74) is 0. The average molecular weight is 274 g/mol. The topological polar surface area (TPSA) is 21.3 Å². The van der Waals surface area contributed by atoms with Crippen LogP contribution in [0.15, 0.2) is 24.3 Å². The van der Waals surface area contributed by atoms with Crippen molar-refractivity contribution in [3.05, 3.63) is 29.3 Å². The van der Waals surface area contributed by atoms with Gasteiger partial charge in [0.25, 0.3) is 0 Å². The number of nitrogens with one attached hydrogen (secondary N) is 1. The highest BCUT2D eigenvalue weighted by atomic mass is 35.5. The Morgan fingerprint density at radius 1 is 1.12 bits per heavy atom. The van der Waals surface area contributed by atoms with Gasteiger partial charge in [-0.1, -0.05) is 23.7 Å². The molecule has 0 aromatic heterocycles. The zero-order valence-electron chi connectivity index (χ0n) is 9.56. The molecule has 1 saturated heterocycles. The third-order valence-corrected chi connectivity index (χ3v) is 4.05. The van der Waals surface area contributed by atoms with Crippen molar-refractivity contribution in [2.24, 2.45) is 11.8 Å². The number of ether oxygens (including phenoxy) is 1. The molecule has 0 amide bonds. The zero-order chi connectivity index (χ0) is 11.0. The van der Waals surface area contributed by atoms with E-state index in [1.54, 1.807) is 0 Å². The summed E-state index contributed by atoms with van der Waals surface area (Å²) in [6, 6.07) is 7.74. The van der Waals surface area contributed by atoms with Gasteiger partial charge in [-0.3, -0.25) is 0 Å². The molecule has 2 fully saturated rings. The Kier molecular flexibility index (Phi) is 4.18. The maximum absolute atomic E-state index is 6.09. The molecule has 2 aliphatic rings. The van der Waals surface area contributed by atoms with Gasteiger partial charge in [0.05, 0.1) is 11.1 Å². The average Bonchev–Trinajstić information content (AvgIpc) is 2.81. The smallest absolute Gasteiger partial charge is 0.138 e. The Bertz CT molecular complexity index is 373. The molecule has 3 rings (SSSR count). The van der Waals surface area contributed by atoms with E-state index in [4.69, 9.17) is 16.3 Å². The molecule has 2 unspecified atom stereocenters. The molecule has 1 aliphatic heterocycles. The predicted molar refractivity (Wildman–Crippen MR) is 72.2 cm³/mol. The Balaban J connectivity index is 0.00000108. The fraction of sp³-hybridized carbons (Fsp3) is 0.538. The molecule has 1 saturated carbocycles. The fourth-order valence-corrected chi connectivity index (χ4v) is 3.11. The molecule has 2 atom stereocenters. The number of benzene rings is 1. The lowest BCUT2D eigenvalue weighted by molar-refractivity contribution is 0.199. The monoisotopic (exact) mass is 273 g/mol. The van der Waals surface area contributed by atoms with Crippen molar-refractivity contribution < 1.29 is 4.74 Å². The van der Waals surface area contributed by atoms with E-state index < -0.39 is 0 Å². The van der Waals surface area contributed by atoms with E-state index in [1.807, 2.05) is 24.3 Å². The molecule has 0 spiro atoms. The van der Waals surface area contributed by atoms with Gasteiger partial charge in [0, 0.05) is 0 Å². The van der Waals surface area contributed by atoms with E-state index >= 15 is 0 Å². The van der Waals surface area contributed by atoms with Crippen LogP contribution in [0, 0.1) is 11.8 Å². The number of hydrogen-bond donors (Lipinski definition) is 1. The van der Waals surface area contributed by atoms with Gasteiger partial charge in [-0.05, 0) is 49.9 Å². The summed E-state index contributed by atoms with van der Waals surface area (Å²) in [7, 11) is 0. The minimum absolute atomic E-state index is 0. The van der Waals surface area contributed by atoms with Crippen LogP contribution in [0.3, 0.4) is 0 Å². The highest BCUT2D eigenvalue weighted by Crippen LogP contribution is 2.37. The molecule has 4 heteroatoms. The summed E-state index contributed by atoms with van der Waals surface area (Å²) < 4.78 is 5.98. The van der Waals surface area contributed by atoms with Crippen molar-refractivity contribution in [1.29, 1.82) is 0 Å². The fourth-order valence-electron chi connectivity index (χ4n) is 2.93. The van der Waals surface area contributed by atoms with Crippen molar-refractivity contribution in [3.8, 4) is 5.75 Å². The Morgan fingerprint density at radius 2 is 1.76 bits per heavy atom. The predicted octanol–water partition coefficient (Wildman–Crippen LogP) is 3.14. The molecule has 1 heterocycles. The lowest BCUT2D eigenvalue weighted by Gasteiger charge is -2.15. The van der Waals surface area contributed by atoms with Crippen LogP contribution in [0.25, 0.3) is 0 Å². The zero-order valence-corrected chi connectivity index (χ0v) is 11.1. The molecule has 94 valence electrons. The van der Waals surface area contributed by atoms with E-state index in [0.717, 1.165) is 35.7 Å². The normalized spacial score (nSPS) is 30.8. The maximum Gasteiger partial charge on any atom is 0.138 e. The van der Waals surface area contributed by atoms with E-state index in [-0.39, 0.29) is 12.4 Å². The van der Waals surface area contributed by atoms with E-state index in [0.29, 0.717) is 6.10 Å². The lowest BCUT2D eigenvalue weighted by Crippen LogP contribution is -2.18. The maximum atomic E-state index is 6.09. The molecule has 17 heavy (non-hydrogen) atoms. The van der Waals surface area contributed by atoms with Crippen molar-refractivity contribution in [3.63, 3.8) is 0 Å². The molecule has 1 N–H and O–H groups in total. The highest BCUT2D eigenvalue weighted by molar-refractivity contribution is 6.32. The van der Waals surface area contributed by atoms with Crippen LogP contribution >= 0.6 is 24.0 Å². The lowest BCUT2D eigenvalue weighted by atomic mass is 10.0. The summed E-state index contributed by atoms with van der Waals surface area (Å²) in [5, 5.41) is 4.16. The van der Waals surface area contributed by atoms with Crippen molar-refractivity contribution in [2.75, 3.05) is 13.1 Å². The van der Waals surface area contributed by atoms with Gasteiger partial charge < -0.3 is 10.1 Å². The summed E-state index contributed by atoms with van der Waals surface area (Å²) in [6.07, 6.45) is 2.70. The summed E-state index contributed by atoms with van der Waals surface area (Å²) in [4.78, 5) is 0. The van der Waals surface area contributed by atoms with Gasteiger partial charge >= 0.3 is 0 Å². The first-order valence-electron chi connectivity index (χ1n) is 5.95. The minimum atomic E-state index is 0.